The van der Waals surface area contributed by atoms with Gasteiger partial charge in [-0.1, -0.05) is 224 Å². The highest BCUT2D eigenvalue weighted by atomic mass is 16.5. The molecule has 686 valence electrons. The van der Waals surface area contributed by atoms with Crippen molar-refractivity contribution in [3.8, 4) is 11.1 Å². The van der Waals surface area contributed by atoms with E-state index in [4.69, 9.17) is 15.0 Å². The van der Waals surface area contributed by atoms with Crippen LogP contribution in [0.3, 0.4) is 0 Å². The molecule has 11 nitrogen and oxygen atoms in total. The van der Waals surface area contributed by atoms with Crippen molar-refractivity contribution in [1.29, 1.82) is 0 Å². The predicted octanol–water partition coefficient (Wildman–Crippen LogP) is 31.1. The number of esters is 3. The summed E-state index contributed by atoms with van der Waals surface area (Å²) in [6.45, 7) is 0. The third kappa shape index (κ3) is 8.41. The number of azide groups is 1. The molecule has 0 aromatic heterocycles. The highest BCUT2D eigenvalue weighted by molar-refractivity contribution is 6.58. The predicted molar refractivity (Wildman–Crippen MR) is 584 cm³/mol. The van der Waals surface area contributed by atoms with Crippen molar-refractivity contribution in [2.45, 2.75) is 168 Å². The largest absolute Gasteiger partial charge is 0.469 e. The Balaban J connectivity index is 0.0000000827. The average Bonchev–Trinajstić information content (AvgIpc) is 1.44. The minimum absolute atomic E-state index is 0.0408. The fourth-order valence-electron chi connectivity index (χ4n) is 36.4. The standard InChI is InChI=1S/C45H29NO2.C45H31NO2.C32H14.C12H15N3O2/c1-48-30(47)9-5-8-28(20-6-3-2-4-7-20)46-29-18-24-13-12-22-15-26-17-25-14-21-10-11-23-16-27-19-45(29,46)44-37(27)40-32(23)31(21)38-35(25)36(26)39-33(22)34(24)43(44)42(39)41(38)40;1-48-31(47)9-5-8-28(20-6-3-2-4-7-20)46-29-13-12-23-16-26-17-24-14-21-10-11-22-15-25-18-27-19-30(46)45(29)43(23)41-35(26)34(24)38-32(21)33(22)39-36(25)37(27)44(45)42(41)40(38)39;1-2-12-6-16-10-18-8-14-4-3-13-7-17-9-15-5-11(1)19-20(12)28-24(16)26(18)30-22(14)21(13)29-25(17)23(15)27(19)31(28)32(29)30;1-17-12(16)9-5-8-11(14-15-13)10-6-3-2-4-7-10/h2-4,6-7,10-16,18,23,28,32H,5,8-9,17,19H2,1H3;2-4,6-7,10-15,19,26,28-30H,5,8-9,16-18H2,1H3;1-7,18H,8-10H2;2-4,6-7,11H,5,8-9H2,1H3. The van der Waals surface area contributed by atoms with Crippen molar-refractivity contribution in [3.63, 3.8) is 0 Å². The van der Waals surface area contributed by atoms with Gasteiger partial charge in [0, 0.05) is 71.8 Å². The van der Waals surface area contributed by atoms with Crippen LogP contribution in [0.15, 0.2) is 229 Å². The molecule has 11 atom stereocenters. The maximum absolute atomic E-state index is 12.3. The highest BCUT2D eigenvalue weighted by Crippen LogP contribution is 2.80. The minimum Gasteiger partial charge on any atom is -0.469 e. The van der Waals surface area contributed by atoms with E-state index in [9.17, 15) is 14.4 Å². The van der Waals surface area contributed by atoms with Gasteiger partial charge >= 0.3 is 17.9 Å². The lowest BCUT2D eigenvalue weighted by Gasteiger charge is -2.67. The molecule has 16 aliphatic carbocycles. The number of likely N-dealkylation sites (tertiary alicyclic amines) is 1. The van der Waals surface area contributed by atoms with E-state index >= 15 is 0 Å². The Morgan fingerprint density at radius 1 is 0.393 bits per heavy atom. The van der Waals surface area contributed by atoms with Crippen LogP contribution in [0.25, 0.3) is 234 Å². The molecule has 145 heavy (non-hydrogen) atoms. The van der Waals surface area contributed by atoms with E-state index in [1.54, 1.807) is 246 Å². The monoisotopic (exact) mass is 1860 g/mol. The van der Waals surface area contributed by atoms with Crippen LogP contribution < -0.4 is 0 Å². The van der Waals surface area contributed by atoms with Gasteiger partial charge in [-0.2, -0.15) is 0 Å². The van der Waals surface area contributed by atoms with Crippen molar-refractivity contribution < 1.29 is 28.6 Å². The summed E-state index contributed by atoms with van der Waals surface area (Å²) in [5, 5.41) is 56.9. The minimum atomic E-state index is -0.238. The molecule has 2 spiro atoms. The van der Waals surface area contributed by atoms with E-state index in [0.29, 0.717) is 61.8 Å². The summed E-state index contributed by atoms with van der Waals surface area (Å²) in [6.07, 6.45) is 33.1. The van der Waals surface area contributed by atoms with Crippen molar-refractivity contribution >= 4 is 230 Å². The summed E-state index contributed by atoms with van der Waals surface area (Å²) < 4.78 is 14.7. The molecule has 0 amide bonds. The first-order valence-electron chi connectivity index (χ1n) is 53.3. The quantitative estimate of drug-likeness (QED) is 0.0158. The summed E-state index contributed by atoms with van der Waals surface area (Å²) in [6, 6.07) is 69.7. The van der Waals surface area contributed by atoms with Crippen LogP contribution in [0, 0.1) is 5.92 Å². The summed E-state index contributed by atoms with van der Waals surface area (Å²) in [4.78, 5) is 44.0. The third-order valence-corrected chi connectivity index (χ3v) is 40.7. The first-order valence-corrected chi connectivity index (χ1v) is 53.3. The Morgan fingerprint density at radius 3 is 1.55 bits per heavy atom. The molecule has 0 saturated carbocycles. The number of allylic oxidation sites excluding steroid dienone is 5. The number of ether oxygens (including phenoxy) is 3. The summed E-state index contributed by atoms with van der Waals surface area (Å²) in [7, 11) is 4.37. The van der Waals surface area contributed by atoms with Crippen molar-refractivity contribution in [1.82, 2.24) is 9.80 Å². The van der Waals surface area contributed by atoms with Gasteiger partial charge in [-0.3, -0.25) is 19.3 Å². The second kappa shape index (κ2) is 25.4. The Kier molecular flexibility index (Phi) is 13.5. The molecule has 2 fully saturated rings. The Morgan fingerprint density at radius 2 is 0.897 bits per heavy atom. The van der Waals surface area contributed by atoms with Crippen molar-refractivity contribution in [2.24, 2.45) is 11.0 Å². The Hall–Kier alpha value is -15.5. The zero-order valence-electron chi connectivity index (χ0n) is 80.3. The van der Waals surface area contributed by atoms with E-state index in [-0.39, 0.29) is 53.0 Å². The maximum Gasteiger partial charge on any atom is 0.305 e. The van der Waals surface area contributed by atoms with Crippen LogP contribution in [0.2, 0.25) is 0 Å². The molecule has 0 N–H and O–H groups in total. The van der Waals surface area contributed by atoms with Crippen molar-refractivity contribution in [3.05, 3.63) is 356 Å². The van der Waals surface area contributed by atoms with Crippen molar-refractivity contribution in [2.75, 3.05) is 21.3 Å². The van der Waals surface area contributed by atoms with Crippen LogP contribution in [0.4, 0.5) is 0 Å². The van der Waals surface area contributed by atoms with Gasteiger partial charge in [0.1, 0.15) is 5.54 Å². The lowest BCUT2D eigenvalue weighted by Crippen LogP contribution is -2.74. The lowest BCUT2D eigenvalue weighted by atomic mass is 9.51. The Bertz CT molecular complexity index is 10600. The third-order valence-electron chi connectivity index (χ3n) is 40.7. The van der Waals surface area contributed by atoms with Crippen LogP contribution in [-0.4, -0.2) is 61.1 Å². The van der Waals surface area contributed by atoms with Crippen LogP contribution >= 0.6 is 0 Å². The highest BCUT2D eigenvalue weighted by Gasteiger charge is 2.72. The number of hydrogen-bond donors (Lipinski definition) is 0. The second-order valence-corrected chi connectivity index (χ2v) is 46.3. The SMILES string of the molecule is COC(=O)CCCC(N=[N+]=[N-])c1ccccc1.COC(=O)CCCC(c1ccccc1)N1C2=Cc3ccc4cc5c6c7c(cc8c9c7c7c%10c%11c(c%12c7c6c4c3-%12)C21CC%11=CC(C=C8)C9%10)C5.COC(=O)CCCC(c1ccccc1)N1C2C=CC3=C4c5c6c7c(cc8ccc9cc%10c%11c%12c(c5c5c%11c9c8c75)C42C1C=C%12C%10)CC6C3.c1cc2cc3c4c5c(cc6ccc7cc8c9c%10c%11c(c1CC%10C8)c2c4c%11c1c9c7c6c51)C3. The fourth-order valence-corrected chi connectivity index (χ4v) is 36.4. The summed E-state index contributed by atoms with van der Waals surface area (Å²) >= 11 is 0. The number of methoxy groups -OCH3 is 3. The average molecular weight is 1870 g/mol. The smallest absolute Gasteiger partial charge is 0.305 e. The van der Waals surface area contributed by atoms with Gasteiger partial charge in [0.2, 0.25) is 0 Å². The number of carbonyl (C=O) groups excluding carboxylic acids is 3. The zero-order chi connectivity index (χ0) is 94.2. The van der Waals surface area contributed by atoms with Gasteiger partial charge in [-0.05, 0) is 440 Å². The van der Waals surface area contributed by atoms with E-state index in [1.807, 2.05) is 30.3 Å². The number of carbonyl (C=O) groups is 3. The topological polar surface area (TPSA) is 134 Å². The van der Waals surface area contributed by atoms with Gasteiger partial charge in [0.15, 0.2) is 0 Å². The number of hydrogen-bond acceptors (Lipinski definition) is 9. The molecule has 23 aromatic rings. The molecule has 2 saturated heterocycles. The first kappa shape index (κ1) is 77.1. The number of nitrogens with zero attached hydrogens (tertiary/aromatic N) is 5. The van der Waals surface area contributed by atoms with E-state index in [0.717, 1.165) is 63.4 Å². The molecule has 23 aromatic carbocycles. The molecule has 11 heteroatoms. The Labute approximate surface area is 830 Å². The number of benzene rings is 20. The molecule has 18 aliphatic rings. The first-order chi connectivity index (χ1) is 71.5. The normalized spacial score (nSPS) is 22.5. The molecular formula is C134H89N5O6. The molecule has 0 bridgehead atoms. The van der Waals surface area contributed by atoms with Gasteiger partial charge in [0.25, 0.3) is 0 Å². The molecular weight excluding hydrogens is 1780 g/mol. The van der Waals surface area contributed by atoms with Gasteiger partial charge in [-0.15, -0.1) is 0 Å². The van der Waals surface area contributed by atoms with E-state index in [1.165, 1.54) is 134 Å². The molecule has 11 unspecified atom stereocenters. The van der Waals surface area contributed by atoms with E-state index < -0.39 is 0 Å². The zero-order valence-corrected chi connectivity index (χ0v) is 80.3. The molecule has 0 radical (unpaired) electrons. The molecule has 41 rings (SSSR count). The molecule has 2 heterocycles. The van der Waals surface area contributed by atoms with Gasteiger partial charge in [-0.25, -0.2) is 0 Å². The lowest BCUT2D eigenvalue weighted by molar-refractivity contribution is -0.141. The number of rotatable bonds is 18. The summed E-state index contributed by atoms with van der Waals surface area (Å²) in [5.41, 5.74) is 53.1. The maximum atomic E-state index is 12.3. The van der Waals surface area contributed by atoms with Crippen LogP contribution in [-0.2, 0) is 78.1 Å². The van der Waals surface area contributed by atoms with Crippen LogP contribution in [0.1, 0.15) is 229 Å². The second-order valence-electron chi connectivity index (χ2n) is 46.3. The van der Waals surface area contributed by atoms with Gasteiger partial charge in [0.05, 0.1) is 38.8 Å². The van der Waals surface area contributed by atoms with Crippen LogP contribution in [0.5, 0.6) is 0 Å². The fraction of sp³-hybridized carbons (Fsp3) is 0.231. The van der Waals surface area contributed by atoms with Gasteiger partial charge < -0.3 is 19.1 Å². The summed E-state index contributed by atoms with van der Waals surface area (Å²) in [5.74, 6) is 1.60. The molecule has 2 aliphatic heterocycles. The van der Waals surface area contributed by atoms with E-state index in [2.05, 4.69) is 219 Å².